The quantitative estimate of drug-likeness (QED) is 0.706. The molecule has 1 aliphatic rings. The van der Waals surface area contributed by atoms with Crippen LogP contribution < -0.4 is 0 Å². The fourth-order valence-electron chi connectivity index (χ4n) is 1.67. The van der Waals surface area contributed by atoms with Crippen molar-refractivity contribution in [2.24, 2.45) is 5.41 Å². The first-order valence-corrected chi connectivity index (χ1v) is 5.14. The number of rotatable bonds is 2. The van der Waals surface area contributed by atoms with E-state index >= 15 is 0 Å². The van der Waals surface area contributed by atoms with Gasteiger partial charge in [0, 0.05) is 5.56 Å². The fraction of sp³-hybridized carbons (Fsp3) is 0.143. The van der Waals surface area contributed by atoms with Gasteiger partial charge in [0.05, 0.1) is 5.41 Å². The molecule has 2 heteroatoms. The molecule has 1 aliphatic carbocycles. The molecule has 0 saturated carbocycles. The van der Waals surface area contributed by atoms with Crippen molar-refractivity contribution in [2.75, 3.05) is 0 Å². The van der Waals surface area contributed by atoms with Gasteiger partial charge in [-0.1, -0.05) is 42.5 Å². The van der Waals surface area contributed by atoms with E-state index in [9.17, 15) is 9.59 Å². The average Bonchev–Trinajstić information content (AvgIpc) is 2.33. The lowest BCUT2D eigenvalue weighted by Crippen LogP contribution is -2.25. The topological polar surface area (TPSA) is 34.1 Å². The van der Waals surface area contributed by atoms with Crippen LogP contribution in [0.4, 0.5) is 0 Å². The van der Waals surface area contributed by atoms with Crippen molar-refractivity contribution in [3.63, 3.8) is 0 Å². The van der Waals surface area contributed by atoms with E-state index in [4.69, 9.17) is 0 Å². The highest BCUT2D eigenvalue weighted by molar-refractivity contribution is 6.08. The SMILES string of the molecule is CC1(C(=O)c2ccccc2)C=CC(=O)C=C1. The Labute approximate surface area is 94.3 Å². The van der Waals surface area contributed by atoms with E-state index in [1.165, 1.54) is 12.2 Å². The largest absolute Gasteiger partial charge is 0.293 e. The van der Waals surface area contributed by atoms with Crippen LogP contribution in [0.2, 0.25) is 0 Å². The summed E-state index contributed by atoms with van der Waals surface area (Å²) in [7, 11) is 0. The van der Waals surface area contributed by atoms with Crippen molar-refractivity contribution in [1.82, 2.24) is 0 Å². The van der Waals surface area contributed by atoms with Gasteiger partial charge in [0.25, 0.3) is 0 Å². The lowest BCUT2D eigenvalue weighted by Gasteiger charge is -2.22. The molecule has 0 unspecified atom stereocenters. The van der Waals surface area contributed by atoms with E-state index in [0.717, 1.165) is 0 Å². The summed E-state index contributed by atoms with van der Waals surface area (Å²) >= 11 is 0. The van der Waals surface area contributed by atoms with Gasteiger partial charge in [0.1, 0.15) is 0 Å². The number of Topliss-reactive ketones (excluding diaryl/α,β-unsaturated/α-hetero) is 1. The first-order valence-electron chi connectivity index (χ1n) is 5.14. The molecule has 1 aromatic rings. The molecule has 0 bridgehead atoms. The lowest BCUT2D eigenvalue weighted by atomic mass is 9.79. The highest BCUT2D eigenvalue weighted by Crippen LogP contribution is 2.28. The second-order valence-electron chi connectivity index (χ2n) is 4.05. The maximum absolute atomic E-state index is 12.2. The third kappa shape index (κ3) is 1.87. The zero-order valence-electron chi connectivity index (χ0n) is 9.01. The van der Waals surface area contributed by atoms with Gasteiger partial charge < -0.3 is 0 Å². The first kappa shape index (κ1) is 10.6. The van der Waals surface area contributed by atoms with Gasteiger partial charge in [-0.25, -0.2) is 0 Å². The van der Waals surface area contributed by atoms with Crippen LogP contribution in [0.15, 0.2) is 54.6 Å². The zero-order valence-corrected chi connectivity index (χ0v) is 9.01. The Morgan fingerprint density at radius 1 is 1.06 bits per heavy atom. The monoisotopic (exact) mass is 212 g/mol. The molecular formula is C14H12O2. The van der Waals surface area contributed by atoms with Crippen LogP contribution >= 0.6 is 0 Å². The van der Waals surface area contributed by atoms with Gasteiger partial charge in [-0.2, -0.15) is 0 Å². The summed E-state index contributed by atoms with van der Waals surface area (Å²) in [6.07, 6.45) is 6.21. The molecule has 2 nitrogen and oxygen atoms in total. The van der Waals surface area contributed by atoms with Crippen LogP contribution in [0.25, 0.3) is 0 Å². The molecule has 0 saturated heterocycles. The molecule has 2 rings (SSSR count). The zero-order chi connectivity index (χ0) is 11.6. The number of carbonyl (C=O) groups excluding carboxylic acids is 2. The van der Waals surface area contributed by atoms with Gasteiger partial charge in [0.15, 0.2) is 11.6 Å². The molecular weight excluding hydrogens is 200 g/mol. The summed E-state index contributed by atoms with van der Waals surface area (Å²) in [6, 6.07) is 9.10. The Bertz CT molecular complexity index is 465. The van der Waals surface area contributed by atoms with Crippen LogP contribution in [0.5, 0.6) is 0 Å². The minimum atomic E-state index is -0.699. The van der Waals surface area contributed by atoms with Crippen molar-refractivity contribution < 1.29 is 9.59 Å². The number of carbonyl (C=O) groups is 2. The molecule has 16 heavy (non-hydrogen) atoms. The molecule has 0 heterocycles. The minimum absolute atomic E-state index is 0.00750. The molecule has 0 amide bonds. The van der Waals surface area contributed by atoms with Crippen LogP contribution in [0, 0.1) is 5.41 Å². The molecule has 0 radical (unpaired) electrons. The number of hydrogen-bond acceptors (Lipinski definition) is 2. The summed E-state index contributed by atoms with van der Waals surface area (Å²) < 4.78 is 0. The van der Waals surface area contributed by atoms with Crippen LogP contribution in [0.3, 0.4) is 0 Å². The summed E-state index contributed by atoms with van der Waals surface area (Å²) in [6.45, 7) is 1.81. The molecule has 1 aromatic carbocycles. The van der Waals surface area contributed by atoms with Crippen LogP contribution in [0.1, 0.15) is 17.3 Å². The number of allylic oxidation sites excluding steroid dienone is 4. The smallest absolute Gasteiger partial charge is 0.178 e. The van der Waals surface area contributed by atoms with Gasteiger partial charge in [0.2, 0.25) is 0 Å². The van der Waals surface area contributed by atoms with Crippen molar-refractivity contribution in [1.29, 1.82) is 0 Å². The minimum Gasteiger partial charge on any atom is -0.293 e. The number of ketones is 2. The van der Waals surface area contributed by atoms with Crippen molar-refractivity contribution >= 4 is 11.6 Å². The van der Waals surface area contributed by atoms with E-state index in [-0.39, 0.29) is 11.6 Å². The highest BCUT2D eigenvalue weighted by atomic mass is 16.1. The average molecular weight is 212 g/mol. The van der Waals surface area contributed by atoms with E-state index in [2.05, 4.69) is 0 Å². The maximum Gasteiger partial charge on any atom is 0.178 e. The number of benzene rings is 1. The van der Waals surface area contributed by atoms with Gasteiger partial charge in [-0.05, 0) is 19.1 Å². The summed E-state index contributed by atoms with van der Waals surface area (Å²) in [4.78, 5) is 23.2. The summed E-state index contributed by atoms with van der Waals surface area (Å²) in [5, 5.41) is 0. The standard InChI is InChI=1S/C14H12O2/c1-14(9-7-12(15)8-10-14)13(16)11-5-3-2-4-6-11/h2-10H,1H3. The Morgan fingerprint density at radius 3 is 2.19 bits per heavy atom. The molecule has 0 atom stereocenters. The highest BCUT2D eigenvalue weighted by Gasteiger charge is 2.30. The predicted molar refractivity (Wildman–Crippen MR) is 62.2 cm³/mol. The molecule has 80 valence electrons. The Hall–Kier alpha value is -1.96. The third-order valence-electron chi connectivity index (χ3n) is 2.71. The van der Waals surface area contributed by atoms with E-state index in [1.807, 2.05) is 25.1 Å². The fourth-order valence-corrected chi connectivity index (χ4v) is 1.67. The first-order chi connectivity index (χ1) is 7.62. The van der Waals surface area contributed by atoms with Gasteiger partial charge in [-0.3, -0.25) is 9.59 Å². The Kier molecular flexibility index (Phi) is 2.57. The van der Waals surface area contributed by atoms with Crippen molar-refractivity contribution in [2.45, 2.75) is 6.92 Å². The lowest BCUT2D eigenvalue weighted by molar-refractivity contribution is -0.110. The van der Waals surface area contributed by atoms with Crippen LogP contribution in [-0.4, -0.2) is 11.6 Å². The molecule has 0 spiro atoms. The molecule has 0 aliphatic heterocycles. The second kappa shape index (κ2) is 3.89. The maximum atomic E-state index is 12.2. The summed E-state index contributed by atoms with van der Waals surface area (Å²) in [5.74, 6) is -0.0635. The van der Waals surface area contributed by atoms with Crippen LogP contribution in [-0.2, 0) is 4.79 Å². The van der Waals surface area contributed by atoms with E-state index in [1.54, 1.807) is 24.3 Å². The van der Waals surface area contributed by atoms with Gasteiger partial charge in [-0.15, -0.1) is 0 Å². The normalized spacial score (nSPS) is 17.4. The third-order valence-corrected chi connectivity index (χ3v) is 2.71. The second-order valence-corrected chi connectivity index (χ2v) is 4.05. The van der Waals surface area contributed by atoms with E-state index in [0.29, 0.717) is 5.56 Å². The van der Waals surface area contributed by atoms with Crippen molar-refractivity contribution in [3.05, 3.63) is 60.2 Å². The molecule has 0 fully saturated rings. The molecule has 0 aromatic heterocycles. The van der Waals surface area contributed by atoms with Crippen molar-refractivity contribution in [3.8, 4) is 0 Å². The summed E-state index contributed by atoms with van der Waals surface area (Å²) in [5.41, 5.74) is -0.0384. The predicted octanol–water partition coefficient (Wildman–Crippen LogP) is 2.57. The Balaban J connectivity index is 2.33. The van der Waals surface area contributed by atoms with Gasteiger partial charge >= 0.3 is 0 Å². The number of hydrogen-bond donors (Lipinski definition) is 0. The molecule has 0 N–H and O–H groups in total. The van der Waals surface area contributed by atoms with E-state index < -0.39 is 5.41 Å². The Morgan fingerprint density at radius 2 is 1.62 bits per heavy atom.